The molecule has 2 N–H and O–H groups in total. The van der Waals surface area contributed by atoms with Crippen LogP contribution >= 0.6 is 12.2 Å². The molecule has 0 amide bonds. The van der Waals surface area contributed by atoms with Gasteiger partial charge in [-0.1, -0.05) is 0 Å². The molecular formula is C15H16FN3O2S. The molecule has 2 aromatic rings. The molecule has 1 aliphatic rings. The fraction of sp³-hybridized carbons (Fsp3) is 0.333. The van der Waals surface area contributed by atoms with Crippen molar-refractivity contribution in [3.63, 3.8) is 0 Å². The maximum Gasteiger partial charge on any atom is 0.256 e. The molecule has 0 fully saturated rings. The second kappa shape index (κ2) is 6.02. The maximum atomic E-state index is 13.9. The van der Waals surface area contributed by atoms with Gasteiger partial charge in [0.15, 0.2) is 4.77 Å². The van der Waals surface area contributed by atoms with Crippen LogP contribution in [-0.2, 0) is 19.5 Å². The van der Waals surface area contributed by atoms with E-state index in [0.29, 0.717) is 41.2 Å². The van der Waals surface area contributed by atoms with Gasteiger partial charge in [0.25, 0.3) is 5.56 Å². The molecule has 0 atom stereocenters. The third-order valence-corrected chi connectivity index (χ3v) is 4.04. The number of rotatable bonds is 3. The topological polar surface area (TPSA) is 61.1 Å². The fourth-order valence-electron chi connectivity index (χ4n) is 2.69. The van der Waals surface area contributed by atoms with Crippen LogP contribution in [0.5, 0.6) is 5.75 Å². The van der Waals surface area contributed by atoms with E-state index in [1.165, 1.54) is 6.07 Å². The Hall–Kier alpha value is -1.99. The summed E-state index contributed by atoms with van der Waals surface area (Å²) in [5.74, 6) is 0.351. The summed E-state index contributed by atoms with van der Waals surface area (Å²) in [4.78, 5) is 19.6. The summed E-state index contributed by atoms with van der Waals surface area (Å²) in [6.45, 7) is 1.63. The molecule has 3 rings (SSSR count). The number of aromatic amines is 2. The van der Waals surface area contributed by atoms with Gasteiger partial charge in [-0.2, -0.15) is 0 Å². The lowest BCUT2D eigenvalue weighted by atomic mass is 10.1. The maximum absolute atomic E-state index is 13.9. The third-order valence-electron chi connectivity index (χ3n) is 3.84. The van der Waals surface area contributed by atoms with E-state index >= 15 is 0 Å². The van der Waals surface area contributed by atoms with E-state index in [0.717, 1.165) is 12.2 Å². The number of hydrogen-bond acceptors (Lipinski definition) is 4. The summed E-state index contributed by atoms with van der Waals surface area (Å²) in [7, 11) is 1.55. The molecular weight excluding hydrogens is 305 g/mol. The lowest BCUT2D eigenvalue weighted by Crippen LogP contribution is -2.35. The van der Waals surface area contributed by atoms with Gasteiger partial charge in [0.1, 0.15) is 11.6 Å². The van der Waals surface area contributed by atoms with E-state index in [-0.39, 0.29) is 11.4 Å². The van der Waals surface area contributed by atoms with Crippen molar-refractivity contribution in [1.29, 1.82) is 0 Å². The van der Waals surface area contributed by atoms with E-state index in [4.69, 9.17) is 17.0 Å². The molecule has 1 aromatic carbocycles. The number of benzene rings is 1. The Morgan fingerprint density at radius 2 is 2.23 bits per heavy atom. The standard InChI is InChI=1S/C15H16FN3O2S/c1-21-10-2-3-12(16)9(6-10)7-19-5-4-13-11(8-19)14(20)18-15(22)17-13/h2-3,6H,4-5,7-8H2,1H3,(H2,17,18,20,22). The van der Waals surface area contributed by atoms with Crippen LogP contribution in [0.2, 0.25) is 0 Å². The number of fused-ring (bicyclic) bond motifs is 1. The SMILES string of the molecule is COc1ccc(F)c(CN2CCc3[nH]c(=S)[nH]c(=O)c3C2)c1. The molecule has 22 heavy (non-hydrogen) atoms. The van der Waals surface area contributed by atoms with Gasteiger partial charge in [-0.3, -0.25) is 14.7 Å². The molecule has 0 radical (unpaired) electrons. The number of hydrogen-bond donors (Lipinski definition) is 2. The lowest BCUT2D eigenvalue weighted by Gasteiger charge is -2.28. The second-order valence-corrected chi connectivity index (χ2v) is 5.69. The average Bonchev–Trinajstić information content (AvgIpc) is 2.50. The van der Waals surface area contributed by atoms with Crippen molar-refractivity contribution in [1.82, 2.24) is 14.9 Å². The van der Waals surface area contributed by atoms with Gasteiger partial charge in [0.05, 0.1) is 12.7 Å². The molecule has 0 spiro atoms. The quantitative estimate of drug-likeness (QED) is 0.850. The van der Waals surface area contributed by atoms with Crippen LogP contribution in [0.1, 0.15) is 16.8 Å². The van der Waals surface area contributed by atoms with Gasteiger partial charge in [-0.25, -0.2) is 4.39 Å². The number of methoxy groups -OCH3 is 1. The summed E-state index contributed by atoms with van der Waals surface area (Å²) >= 11 is 4.98. The Labute approximate surface area is 131 Å². The monoisotopic (exact) mass is 321 g/mol. The zero-order valence-electron chi connectivity index (χ0n) is 12.1. The fourth-order valence-corrected chi connectivity index (χ4v) is 2.90. The van der Waals surface area contributed by atoms with Gasteiger partial charge >= 0.3 is 0 Å². The van der Waals surface area contributed by atoms with Gasteiger partial charge < -0.3 is 9.72 Å². The average molecular weight is 321 g/mol. The van der Waals surface area contributed by atoms with Crippen molar-refractivity contribution < 1.29 is 9.13 Å². The predicted octanol–water partition coefficient (Wildman–Crippen LogP) is 2.14. The zero-order valence-corrected chi connectivity index (χ0v) is 12.9. The number of aromatic nitrogens is 2. The summed E-state index contributed by atoms with van der Waals surface area (Å²) < 4.78 is 19.4. The molecule has 1 aliphatic heterocycles. The molecule has 116 valence electrons. The summed E-state index contributed by atoms with van der Waals surface area (Å²) in [5, 5.41) is 0. The molecule has 2 heterocycles. The molecule has 0 unspecified atom stereocenters. The van der Waals surface area contributed by atoms with Crippen LogP contribution in [-0.4, -0.2) is 28.5 Å². The van der Waals surface area contributed by atoms with Crippen molar-refractivity contribution in [3.05, 3.63) is 56.0 Å². The van der Waals surface area contributed by atoms with Crippen molar-refractivity contribution in [3.8, 4) is 5.75 Å². The van der Waals surface area contributed by atoms with E-state index < -0.39 is 0 Å². The number of nitrogens with zero attached hydrogens (tertiary/aromatic N) is 1. The van der Waals surface area contributed by atoms with Gasteiger partial charge in [-0.15, -0.1) is 0 Å². The molecule has 0 bridgehead atoms. The van der Waals surface area contributed by atoms with Crippen molar-refractivity contribution in [2.45, 2.75) is 19.5 Å². The Morgan fingerprint density at radius 1 is 1.41 bits per heavy atom. The Kier molecular flexibility index (Phi) is 4.08. The summed E-state index contributed by atoms with van der Waals surface area (Å²) in [5.41, 5.74) is 1.93. The highest BCUT2D eigenvalue weighted by Crippen LogP contribution is 2.21. The lowest BCUT2D eigenvalue weighted by molar-refractivity contribution is 0.238. The highest BCUT2D eigenvalue weighted by molar-refractivity contribution is 7.71. The minimum absolute atomic E-state index is 0.172. The second-order valence-electron chi connectivity index (χ2n) is 5.28. The summed E-state index contributed by atoms with van der Waals surface area (Å²) in [6.07, 6.45) is 0.689. The Bertz CT molecular complexity index is 815. The van der Waals surface area contributed by atoms with Crippen LogP contribution < -0.4 is 10.3 Å². The van der Waals surface area contributed by atoms with Gasteiger partial charge in [0.2, 0.25) is 0 Å². The molecule has 0 saturated heterocycles. The molecule has 7 heteroatoms. The number of nitrogens with one attached hydrogen (secondary N) is 2. The first-order valence-corrected chi connectivity index (χ1v) is 7.37. The van der Waals surface area contributed by atoms with E-state index in [2.05, 4.69) is 9.97 Å². The number of ether oxygens (including phenoxy) is 1. The summed E-state index contributed by atoms with van der Waals surface area (Å²) in [6, 6.07) is 4.68. The predicted molar refractivity (Wildman–Crippen MR) is 83.0 cm³/mol. The highest BCUT2D eigenvalue weighted by Gasteiger charge is 2.20. The van der Waals surface area contributed by atoms with Gasteiger partial charge in [-0.05, 0) is 30.4 Å². The molecule has 0 aliphatic carbocycles. The number of halogens is 1. The van der Waals surface area contributed by atoms with Crippen LogP contribution in [0, 0.1) is 10.6 Å². The highest BCUT2D eigenvalue weighted by atomic mass is 32.1. The minimum Gasteiger partial charge on any atom is -0.497 e. The van der Waals surface area contributed by atoms with Crippen molar-refractivity contribution in [2.75, 3.05) is 13.7 Å². The minimum atomic E-state index is -0.270. The zero-order chi connectivity index (χ0) is 15.7. The van der Waals surface area contributed by atoms with E-state index in [1.807, 2.05) is 4.90 Å². The van der Waals surface area contributed by atoms with Crippen LogP contribution in [0.4, 0.5) is 4.39 Å². The number of H-pyrrole nitrogens is 2. The first kappa shape index (κ1) is 14.9. The smallest absolute Gasteiger partial charge is 0.256 e. The van der Waals surface area contributed by atoms with Crippen LogP contribution in [0.25, 0.3) is 0 Å². The first-order valence-electron chi connectivity index (χ1n) is 6.96. The normalized spacial score (nSPS) is 14.6. The van der Waals surface area contributed by atoms with Crippen LogP contribution in [0.15, 0.2) is 23.0 Å². The Balaban J connectivity index is 1.84. The van der Waals surface area contributed by atoms with Crippen LogP contribution in [0.3, 0.4) is 0 Å². The Morgan fingerprint density at radius 3 is 3.00 bits per heavy atom. The third kappa shape index (κ3) is 2.95. The first-order chi connectivity index (χ1) is 10.6. The van der Waals surface area contributed by atoms with Gasteiger partial charge in [0, 0.05) is 37.3 Å². The van der Waals surface area contributed by atoms with Crippen molar-refractivity contribution in [2.24, 2.45) is 0 Å². The molecule has 1 aromatic heterocycles. The molecule has 0 saturated carbocycles. The largest absolute Gasteiger partial charge is 0.497 e. The van der Waals surface area contributed by atoms with E-state index in [9.17, 15) is 9.18 Å². The molecule has 5 nitrogen and oxygen atoms in total. The van der Waals surface area contributed by atoms with Crippen molar-refractivity contribution >= 4 is 12.2 Å². The van der Waals surface area contributed by atoms with E-state index in [1.54, 1.807) is 19.2 Å².